The molecule has 0 unspecified atom stereocenters. The van der Waals surface area contributed by atoms with E-state index in [2.05, 4.69) is 5.32 Å². The maximum absolute atomic E-state index is 14.2. The van der Waals surface area contributed by atoms with E-state index in [1.54, 1.807) is 19.9 Å². The van der Waals surface area contributed by atoms with E-state index >= 15 is 0 Å². The maximum atomic E-state index is 14.2. The molecule has 1 amide bonds. The lowest BCUT2D eigenvalue weighted by Crippen LogP contribution is -2.38. The van der Waals surface area contributed by atoms with Crippen LogP contribution in [0, 0.1) is 16.6 Å². The van der Waals surface area contributed by atoms with Crippen LogP contribution < -0.4 is 15.8 Å². The number of aliphatic carboxylic acids is 1. The standard InChI is InChI=1S/C24H22FN3O6S/c1-24(2,23(33)28-14-7-13(21(30)31)8-15(29)10-14)11-16-4-6-19(35-16)22(32)34-18-5-3-12(20(26)27)9-17(18)25/h3-7,9-10H,8,11H2,1-2H3,(H3,26,27)(H,28,33)(H,30,31). The van der Waals surface area contributed by atoms with Crippen LogP contribution in [0.2, 0.25) is 0 Å². The zero-order valence-corrected chi connectivity index (χ0v) is 19.6. The molecule has 0 aliphatic heterocycles. The van der Waals surface area contributed by atoms with Crippen LogP contribution in [-0.4, -0.2) is 34.6 Å². The second-order valence-electron chi connectivity index (χ2n) is 8.45. The summed E-state index contributed by atoms with van der Waals surface area (Å²) in [6, 6.07) is 6.72. The van der Waals surface area contributed by atoms with E-state index in [0.29, 0.717) is 4.88 Å². The van der Waals surface area contributed by atoms with Gasteiger partial charge >= 0.3 is 11.9 Å². The van der Waals surface area contributed by atoms with Crippen molar-refractivity contribution >= 4 is 40.8 Å². The zero-order valence-electron chi connectivity index (χ0n) is 18.8. The van der Waals surface area contributed by atoms with Gasteiger partial charge in [0.1, 0.15) is 10.7 Å². The number of carboxylic acid groups (broad SMARTS) is 1. The van der Waals surface area contributed by atoms with Crippen molar-refractivity contribution < 1.29 is 33.4 Å². The molecular formula is C24H22FN3O6S. The third-order valence-electron chi connectivity index (χ3n) is 5.08. The van der Waals surface area contributed by atoms with Gasteiger partial charge in [0.15, 0.2) is 17.3 Å². The molecule has 1 aromatic heterocycles. The first-order valence-electron chi connectivity index (χ1n) is 10.3. The van der Waals surface area contributed by atoms with Crippen molar-refractivity contribution in [2.45, 2.75) is 26.7 Å². The Morgan fingerprint density at radius 3 is 2.57 bits per heavy atom. The van der Waals surface area contributed by atoms with Crippen molar-refractivity contribution in [1.29, 1.82) is 5.41 Å². The van der Waals surface area contributed by atoms with Crippen LogP contribution in [0.1, 0.15) is 40.4 Å². The van der Waals surface area contributed by atoms with E-state index < -0.39 is 34.9 Å². The molecule has 5 N–H and O–H groups in total. The monoisotopic (exact) mass is 499 g/mol. The Balaban J connectivity index is 1.66. The van der Waals surface area contributed by atoms with Crippen LogP contribution >= 0.6 is 11.3 Å². The average Bonchev–Trinajstić information content (AvgIpc) is 3.22. The topological polar surface area (TPSA) is 160 Å². The number of carbonyl (C=O) groups is 4. The molecule has 11 heteroatoms. The van der Waals surface area contributed by atoms with Crippen LogP contribution in [0.5, 0.6) is 5.75 Å². The first-order valence-corrected chi connectivity index (χ1v) is 11.1. The third-order valence-corrected chi connectivity index (χ3v) is 6.15. The number of benzene rings is 1. The van der Waals surface area contributed by atoms with Gasteiger partial charge in [-0.1, -0.05) is 13.8 Å². The lowest BCUT2D eigenvalue weighted by molar-refractivity contribution is -0.133. The number of thiophene rings is 1. The van der Waals surface area contributed by atoms with Gasteiger partial charge in [-0.05, 0) is 42.8 Å². The number of nitrogens with one attached hydrogen (secondary N) is 2. The van der Waals surface area contributed by atoms with Gasteiger partial charge in [-0.15, -0.1) is 11.3 Å². The number of allylic oxidation sites excluding steroid dienone is 2. The summed E-state index contributed by atoms with van der Waals surface area (Å²) in [7, 11) is 0. The molecule has 0 atom stereocenters. The summed E-state index contributed by atoms with van der Waals surface area (Å²) in [6.07, 6.45) is 2.42. The van der Waals surface area contributed by atoms with Crippen LogP contribution in [-0.2, 0) is 20.8 Å². The SMILES string of the molecule is CC(C)(Cc1ccc(C(=O)Oc2ccc(C(=N)N)cc2F)s1)C(=O)NC1=CC(=O)CC(C(=O)O)=C1. The van der Waals surface area contributed by atoms with E-state index in [0.717, 1.165) is 17.4 Å². The molecule has 2 aromatic rings. The van der Waals surface area contributed by atoms with Crippen molar-refractivity contribution in [3.05, 3.63) is 74.9 Å². The molecule has 0 saturated heterocycles. The summed E-state index contributed by atoms with van der Waals surface area (Å²) in [4.78, 5) is 49.1. The number of amides is 1. The van der Waals surface area contributed by atoms with Crippen molar-refractivity contribution in [2.75, 3.05) is 0 Å². The average molecular weight is 500 g/mol. The Morgan fingerprint density at radius 2 is 1.94 bits per heavy atom. The normalized spacial score (nSPS) is 13.5. The highest BCUT2D eigenvalue weighted by molar-refractivity contribution is 7.14. The molecule has 1 heterocycles. The van der Waals surface area contributed by atoms with Crippen molar-refractivity contribution in [2.24, 2.45) is 11.1 Å². The van der Waals surface area contributed by atoms with Crippen LogP contribution in [0.3, 0.4) is 0 Å². The number of ether oxygens (including phenoxy) is 1. The molecule has 1 aliphatic rings. The van der Waals surface area contributed by atoms with E-state index in [4.69, 9.17) is 21.0 Å². The first-order chi connectivity index (χ1) is 16.4. The summed E-state index contributed by atoms with van der Waals surface area (Å²) in [5.41, 5.74) is 4.49. The van der Waals surface area contributed by atoms with Gasteiger partial charge in [0, 0.05) is 39.6 Å². The maximum Gasteiger partial charge on any atom is 0.353 e. The van der Waals surface area contributed by atoms with Gasteiger partial charge < -0.3 is 20.9 Å². The highest BCUT2D eigenvalue weighted by atomic mass is 32.1. The fraction of sp³-hybridized carbons (Fsp3) is 0.208. The number of hydrogen-bond donors (Lipinski definition) is 4. The lowest BCUT2D eigenvalue weighted by atomic mass is 9.87. The van der Waals surface area contributed by atoms with Gasteiger partial charge in [-0.25, -0.2) is 14.0 Å². The Labute approximate surface area is 203 Å². The highest BCUT2D eigenvalue weighted by Crippen LogP contribution is 2.29. The number of esters is 1. The largest absolute Gasteiger partial charge is 0.478 e. The number of ketones is 1. The van der Waals surface area contributed by atoms with Crippen LogP contribution in [0.4, 0.5) is 4.39 Å². The fourth-order valence-electron chi connectivity index (χ4n) is 3.20. The van der Waals surface area contributed by atoms with Gasteiger partial charge in [0.05, 0.1) is 0 Å². The van der Waals surface area contributed by atoms with Crippen LogP contribution in [0.25, 0.3) is 0 Å². The molecule has 0 saturated carbocycles. The summed E-state index contributed by atoms with van der Waals surface area (Å²) in [5.74, 6) is -4.34. The summed E-state index contributed by atoms with van der Waals surface area (Å²) >= 11 is 1.08. The van der Waals surface area contributed by atoms with Crippen molar-refractivity contribution in [3.63, 3.8) is 0 Å². The quantitative estimate of drug-likeness (QED) is 0.188. The zero-order chi connectivity index (χ0) is 25.9. The molecule has 9 nitrogen and oxygen atoms in total. The summed E-state index contributed by atoms with van der Waals surface area (Å²) in [6.45, 7) is 3.33. The number of halogens is 1. The molecule has 0 fully saturated rings. The number of rotatable bonds is 8. The van der Waals surface area contributed by atoms with Gasteiger partial charge in [0.2, 0.25) is 5.91 Å². The molecular weight excluding hydrogens is 477 g/mol. The molecule has 35 heavy (non-hydrogen) atoms. The number of carboxylic acids is 1. The van der Waals surface area contributed by atoms with E-state index in [1.165, 1.54) is 30.4 Å². The molecule has 1 aliphatic carbocycles. The van der Waals surface area contributed by atoms with Gasteiger partial charge in [0.25, 0.3) is 0 Å². The molecule has 0 radical (unpaired) electrons. The van der Waals surface area contributed by atoms with Gasteiger partial charge in [-0.3, -0.25) is 15.0 Å². The second kappa shape index (κ2) is 10.0. The summed E-state index contributed by atoms with van der Waals surface area (Å²) in [5, 5.41) is 19.0. The van der Waals surface area contributed by atoms with Crippen molar-refractivity contribution in [1.82, 2.24) is 5.32 Å². The first kappa shape index (κ1) is 25.5. The number of carbonyl (C=O) groups excluding carboxylic acids is 3. The molecule has 0 spiro atoms. The van der Waals surface area contributed by atoms with Crippen LogP contribution in [0.15, 0.2) is 53.8 Å². The lowest BCUT2D eigenvalue weighted by Gasteiger charge is -2.24. The minimum absolute atomic E-state index is 0.102. The number of amidine groups is 1. The highest BCUT2D eigenvalue weighted by Gasteiger charge is 2.30. The second-order valence-corrected chi connectivity index (χ2v) is 9.61. The van der Waals surface area contributed by atoms with E-state index in [-0.39, 0.29) is 46.1 Å². The fourth-order valence-corrected chi connectivity index (χ4v) is 4.31. The molecule has 0 bridgehead atoms. The Kier molecular flexibility index (Phi) is 7.30. The Morgan fingerprint density at radius 1 is 1.23 bits per heavy atom. The van der Waals surface area contributed by atoms with E-state index in [9.17, 15) is 23.6 Å². The van der Waals surface area contributed by atoms with Gasteiger partial charge in [-0.2, -0.15) is 0 Å². The van der Waals surface area contributed by atoms with Crippen molar-refractivity contribution in [3.8, 4) is 5.75 Å². The predicted molar refractivity (Wildman–Crippen MR) is 126 cm³/mol. The smallest absolute Gasteiger partial charge is 0.353 e. The minimum Gasteiger partial charge on any atom is -0.478 e. The number of nitrogen functional groups attached to an aromatic ring is 1. The molecule has 182 valence electrons. The third kappa shape index (κ3) is 6.27. The number of nitrogens with two attached hydrogens (primary N) is 1. The summed E-state index contributed by atoms with van der Waals surface area (Å²) < 4.78 is 19.3. The molecule has 1 aromatic carbocycles. The van der Waals surface area contributed by atoms with E-state index in [1.807, 2.05) is 0 Å². The predicted octanol–water partition coefficient (Wildman–Crippen LogP) is 2.94. The minimum atomic E-state index is -1.23. The molecule has 3 rings (SSSR count). The Hall–Kier alpha value is -4.12. The number of hydrogen-bond acceptors (Lipinski definition) is 7. The Bertz CT molecular complexity index is 1310.